The molecule has 1 atom stereocenters. The number of hydrogen-bond donors (Lipinski definition) is 1. The van der Waals surface area contributed by atoms with Gasteiger partial charge in [0.15, 0.2) is 0 Å². The van der Waals surface area contributed by atoms with Crippen molar-refractivity contribution in [2.45, 2.75) is 25.8 Å². The third kappa shape index (κ3) is 3.04. The second-order valence-electron chi connectivity index (χ2n) is 5.41. The van der Waals surface area contributed by atoms with Gasteiger partial charge in [0.05, 0.1) is 6.04 Å². The molecule has 3 rings (SSSR count). The first-order valence-corrected chi connectivity index (χ1v) is 8.28. The Bertz CT molecular complexity index is 664. The number of amides is 2. The quantitative estimate of drug-likeness (QED) is 0.940. The summed E-state index contributed by atoms with van der Waals surface area (Å²) in [5.74, 6) is 0.0590. The van der Waals surface area contributed by atoms with Crippen molar-refractivity contribution in [2.24, 2.45) is 0 Å². The minimum Gasteiger partial charge on any atom is -0.345 e. The summed E-state index contributed by atoms with van der Waals surface area (Å²) in [7, 11) is 0. The number of nitrogens with one attached hydrogen (secondary N) is 1. The fourth-order valence-electron chi connectivity index (χ4n) is 2.60. The van der Waals surface area contributed by atoms with Gasteiger partial charge in [-0.3, -0.25) is 9.59 Å². The summed E-state index contributed by atoms with van der Waals surface area (Å²) in [5, 5.41) is 4.99. The van der Waals surface area contributed by atoms with E-state index in [4.69, 9.17) is 0 Å². The SMILES string of the molecule is C[C@H](NC(=O)c1ccc(N2CCCC2=O)cc1)c1cccs1. The van der Waals surface area contributed by atoms with Crippen molar-refractivity contribution in [2.75, 3.05) is 11.4 Å². The highest BCUT2D eigenvalue weighted by molar-refractivity contribution is 7.10. The van der Waals surface area contributed by atoms with Gasteiger partial charge < -0.3 is 10.2 Å². The maximum atomic E-state index is 12.3. The highest BCUT2D eigenvalue weighted by Crippen LogP contribution is 2.22. The lowest BCUT2D eigenvalue weighted by Crippen LogP contribution is -2.26. The molecular formula is C17H18N2O2S. The molecule has 1 aliphatic heterocycles. The molecule has 114 valence electrons. The molecule has 0 bridgehead atoms. The van der Waals surface area contributed by atoms with Gasteiger partial charge in [-0.25, -0.2) is 0 Å². The molecule has 1 aromatic heterocycles. The van der Waals surface area contributed by atoms with Crippen LogP contribution in [0.15, 0.2) is 41.8 Å². The Balaban J connectivity index is 1.67. The van der Waals surface area contributed by atoms with Crippen LogP contribution < -0.4 is 10.2 Å². The number of hydrogen-bond acceptors (Lipinski definition) is 3. The van der Waals surface area contributed by atoms with E-state index in [0.29, 0.717) is 12.0 Å². The molecule has 1 aliphatic rings. The smallest absolute Gasteiger partial charge is 0.251 e. The average Bonchev–Trinajstić information content (AvgIpc) is 3.18. The predicted octanol–water partition coefficient (Wildman–Crippen LogP) is 3.37. The molecule has 1 N–H and O–H groups in total. The molecule has 22 heavy (non-hydrogen) atoms. The summed E-state index contributed by atoms with van der Waals surface area (Å²) in [6.45, 7) is 2.74. The van der Waals surface area contributed by atoms with E-state index in [2.05, 4.69) is 5.32 Å². The Morgan fingerprint density at radius 2 is 2.05 bits per heavy atom. The normalized spacial score (nSPS) is 15.9. The molecule has 2 heterocycles. The summed E-state index contributed by atoms with van der Waals surface area (Å²) in [5.41, 5.74) is 1.48. The van der Waals surface area contributed by atoms with Gasteiger partial charge in [0, 0.05) is 29.1 Å². The second kappa shape index (κ2) is 6.32. The highest BCUT2D eigenvalue weighted by atomic mass is 32.1. The van der Waals surface area contributed by atoms with Crippen LogP contribution in [0.1, 0.15) is 41.0 Å². The molecule has 2 aromatic rings. The maximum Gasteiger partial charge on any atom is 0.251 e. The van der Waals surface area contributed by atoms with E-state index in [0.717, 1.165) is 23.5 Å². The van der Waals surface area contributed by atoms with Crippen LogP contribution in [-0.4, -0.2) is 18.4 Å². The zero-order valence-corrected chi connectivity index (χ0v) is 13.2. The summed E-state index contributed by atoms with van der Waals surface area (Å²) < 4.78 is 0. The molecule has 1 fully saturated rings. The summed E-state index contributed by atoms with van der Waals surface area (Å²) in [4.78, 5) is 26.9. The van der Waals surface area contributed by atoms with Crippen molar-refractivity contribution in [3.05, 3.63) is 52.2 Å². The van der Waals surface area contributed by atoms with Crippen LogP contribution in [0.25, 0.3) is 0 Å². The lowest BCUT2D eigenvalue weighted by atomic mass is 10.1. The Kier molecular flexibility index (Phi) is 4.24. The first-order chi connectivity index (χ1) is 10.6. The topological polar surface area (TPSA) is 49.4 Å². The summed E-state index contributed by atoms with van der Waals surface area (Å²) in [6, 6.07) is 11.2. The molecule has 0 radical (unpaired) electrons. The predicted molar refractivity (Wildman–Crippen MR) is 88.2 cm³/mol. The third-order valence-corrected chi connectivity index (χ3v) is 4.89. The molecule has 1 saturated heterocycles. The van der Waals surface area contributed by atoms with Gasteiger partial charge in [-0.2, -0.15) is 0 Å². The summed E-state index contributed by atoms with van der Waals surface area (Å²) in [6.07, 6.45) is 1.51. The van der Waals surface area contributed by atoms with E-state index < -0.39 is 0 Å². The molecule has 2 amide bonds. The zero-order chi connectivity index (χ0) is 15.5. The molecule has 4 nitrogen and oxygen atoms in total. The number of thiophene rings is 1. The van der Waals surface area contributed by atoms with Gasteiger partial charge in [0.25, 0.3) is 5.91 Å². The molecular weight excluding hydrogens is 296 g/mol. The van der Waals surface area contributed by atoms with Crippen LogP contribution in [0.4, 0.5) is 5.69 Å². The monoisotopic (exact) mass is 314 g/mol. The molecule has 5 heteroatoms. The van der Waals surface area contributed by atoms with Crippen LogP contribution in [0.3, 0.4) is 0 Å². The molecule has 0 saturated carbocycles. The first-order valence-electron chi connectivity index (χ1n) is 7.40. The Labute approximate surface area is 133 Å². The number of carbonyl (C=O) groups is 2. The lowest BCUT2D eigenvalue weighted by Gasteiger charge is -2.16. The van der Waals surface area contributed by atoms with E-state index in [1.54, 1.807) is 28.4 Å². The minimum absolute atomic E-state index is 0.00710. The van der Waals surface area contributed by atoms with Crippen LogP contribution in [0.5, 0.6) is 0 Å². The van der Waals surface area contributed by atoms with Crippen molar-refractivity contribution >= 4 is 28.8 Å². The Morgan fingerprint density at radius 1 is 1.27 bits per heavy atom. The maximum absolute atomic E-state index is 12.3. The number of anilines is 1. The first kappa shape index (κ1) is 14.8. The Hall–Kier alpha value is -2.14. The van der Waals surface area contributed by atoms with Crippen LogP contribution in [0.2, 0.25) is 0 Å². The number of carbonyl (C=O) groups excluding carboxylic acids is 2. The van der Waals surface area contributed by atoms with Gasteiger partial charge in [-0.05, 0) is 49.1 Å². The van der Waals surface area contributed by atoms with Gasteiger partial charge in [-0.1, -0.05) is 6.07 Å². The van der Waals surface area contributed by atoms with Crippen LogP contribution in [-0.2, 0) is 4.79 Å². The van der Waals surface area contributed by atoms with Crippen molar-refractivity contribution in [3.8, 4) is 0 Å². The van der Waals surface area contributed by atoms with Crippen molar-refractivity contribution in [3.63, 3.8) is 0 Å². The van der Waals surface area contributed by atoms with Gasteiger partial charge >= 0.3 is 0 Å². The van der Waals surface area contributed by atoms with Gasteiger partial charge in [0.1, 0.15) is 0 Å². The van der Waals surface area contributed by atoms with Crippen LogP contribution >= 0.6 is 11.3 Å². The largest absolute Gasteiger partial charge is 0.345 e. The minimum atomic E-state index is -0.0970. The van der Waals surface area contributed by atoms with E-state index in [9.17, 15) is 9.59 Å². The Morgan fingerprint density at radius 3 is 2.64 bits per heavy atom. The van der Waals surface area contributed by atoms with Crippen molar-refractivity contribution < 1.29 is 9.59 Å². The molecule has 0 spiro atoms. The lowest BCUT2D eigenvalue weighted by molar-refractivity contribution is -0.117. The van der Waals surface area contributed by atoms with Crippen molar-refractivity contribution in [1.29, 1.82) is 0 Å². The standard InChI is InChI=1S/C17H18N2O2S/c1-12(15-4-3-11-22-15)18-17(21)13-6-8-14(9-7-13)19-10-2-5-16(19)20/h3-4,6-9,11-12H,2,5,10H2,1H3,(H,18,21)/t12-/m0/s1. The fraction of sp³-hybridized carbons (Fsp3) is 0.294. The number of nitrogens with zero attached hydrogens (tertiary/aromatic N) is 1. The molecule has 1 aromatic carbocycles. The molecule has 0 aliphatic carbocycles. The second-order valence-corrected chi connectivity index (χ2v) is 6.39. The molecule has 0 unspecified atom stereocenters. The van der Waals surface area contributed by atoms with Gasteiger partial charge in [0.2, 0.25) is 5.91 Å². The zero-order valence-electron chi connectivity index (χ0n) is 12.4. The number of benzene rings is 1. The third-order valence-electron chi connectivity index (χ3n) is 3.83. The van der Waals surface area contributed by atoms with Gasteiger partial charge in [-0.15, -0.1) is 11.3 Å². The average molecular weight is 314 g/mol. The summed E-state index contributed by atoms with van der Waals surface area (Å²) >= 11 is 1.63. The van der Waals surface area contributed by atoms with E-state index in [1.807, 2.05) is 36.6 Å². The van der Waals surface area contributed by atoms with E-state index in [-0.39, 0.29) is 17.9 Å². The number of rotatable bonds is 4. The van der Waals surface area contributed by atoms with E-state index in [1.165, 1.54) is 0 Å². The fourth-order valence-corrected chi connectivity index (χ4v) is 3.34. The van der Waals surface area contributed by atoms with E-state index >= 15 is 0 Å². The van der Waals surface area contributed by atoms with Crippen molar-refractivity contribution in [1.82, 2.24) is 5.32 Å². The highest BCUT2D eigenvalue weighted by Gasteiger charge is 2.21. The van der Waals surface area contributed by atoms with Crippen LogP contribution in [0, 0.1) is 0 Å².